The summed E-state index contributed by atoms with van der Waals surface area (Å²) in [7, 11) is 2.08. The van der Waals surface area contributed by atoms with Gasteiger partial charge >= 0.3 is 6.18 Å². The Bertz CT molecular complexity index is 713. The molecule has 2 aromatic rings. The average molecular weight is 336 g/mol. The molecule has 1 N–H and O–H groups in total. The van der Waals surface area contributed by atoms with Crippen molar-refractivity contribution in [2.45, 2.75) is 25.6 Å². The Morgan fingerprint density at radius 2 is 1.88 bits per heavy atom. The second-order valence-electron chi connectivity index (χ2n) is 6.23. The molecule has 0 spiro atoms. The number of anilines is 1. The largest absolute Gasteiger partial charge is 0.416 e. The molecular formula is C17H19F3N4. The summed E-state index contributed by atoms with van der Waals surface area (Å²) in [6.07, 6.45) is -3.28. The van der Waals surface area contributed by atoms with Gasteiger partial charge in [0.1, 0.15) is 0 Å². The van der Waals surface area contributed by atoms with Crippen molar-refractivity contribution < 1.29 is 13.2 Å². The number of hydrogen-bond donors (Lipinski definition) is 1. The van der Waals surface area contributed by atoms with Crippen LogP contribution in [0.1, 0.15) is 17.5 Å². The maximum absolute atomic E-state index is 12.6. The fourth-order valence-electron chi connectivity index (χ4n) is 2.84. The minimum atomic E-state index is -4.33. The predicted molar refractivity (Wildman–Crippen MR) is 86.7 cm³/mol. The molecule has 1 aliphatic heterocycles. The number of aromatic nitrogens is 2. The molecule has 0 saturated carbocycles. The normalized spacial score (nSPS) is 18.8. The van der Waals surface area contributed by atoms with Crippen LogP contribution in [0.3, 0.4) is 0 Å². The van der Waals surface area contributed by atoms with Crippen LogP contribution in [-0.2, 0) is 6.18 Å². The van der Waals surface area contributed by atoms with E-state index in [1.807, 2.05) is 13.0 Å². The number of likely N-dealkylation sites (N-methyl/N-ethyl adjacent to an activating group) is 1. The third-order valence-electron chi connectivity index (χ3n) is 4.22. The summed E-state index contributed by atoms with van der Waals surface area (Å²) in [4.78, 5) is 2.25. The summed E-state index contributed by atoms with van der Waals surface area (Å²) in [5, 5.41) is 11.8. The zero-order valence-electron chi connectivity index (χ0n) is 13.6. The molecule has 0 amide bonds. The summed E-state index contributed by atoms with van der Waals surface area (Å²) < 4.78 is 37.9. The first-order chi connectivity index (χ1) is 11.3. The van der Waals surface area contributed by atoms with Crippen LogP contribution in [0.4, 0.5) is 19.0 Å². The lowest BCUT2D eigenvalue weighted by Gasteiger charge is -2.15. The number of aryl methyl sites for hydroxylation is 1. The summed E-state index contributed by atoms with van der Waals surface area (Å²) in [6, 6.07) is 7.16. The molecule has 1 fully saturated rings. The second kappa shape index (κ2) is 6.39. The number of rotatable bonds is 3. The van der Waals surface area contributed by atoms with E-state index in [0.29, 0.717) is 17.3 Å². The van der Waals surface area contributed by atoms with Crippen molar-refractivity contribution >= 4 is 5.82 Å². The van der Waals surface area contributed by atoms with Crippen LogP contribution < -0.4 is 5.32 Å². The Kier molecular flexibility index (Phi) is 4.45. The van der Waals surface area contributed by atoms with Gasteiger partial charge in [-0.2, -0.15) is 13.2 Å². The lowest BCUT2D eigenvalue weighted by Crippen LogP contribution is -2.24. The molecule has 1 aromatic heterocycles. The maximum Gasteiger partial charge on any atom is 0.416 e. The second-order valence-corrected chi connectivity index (χ2v) is 6.23. The number of nitrogens with zero attached hydrogens (tertiary/aromatic N) is 3. The Balaban J connectivity index is 1.77. The van der Waals surface area contributed by atoms with Gasteiger partial charge in [0, 0.05) is 18.2 Å². The number of likely N-dealkylation sites (tertiary alicyclic amines) is 1. The molecule has 0 radical (unpaired) electrons. The Morgan fingerprint density at radius 1 is 1.17 bits per heavy atom. The van der Waals surface area contributed by atoms with E-state index >= 15 is 0 Å². The molecule has 0 bridgehead atoms. The number of hydrogen-bond acceptors (Lipinski definition) is 4. The molecule has 128 valence electrons. The van der Waals surface area contributed by atoms with Crippen LogP contribution in [0.5, 0.6) is 0 Å². The van der Waals surface area contributed by atoms with Gasteiger partial charge in [0.15, 0.2) is 5.82 Å². The average Bonchev–Trinajstić information content (AvgIpc) is 2.94. The maximum atomic E-state index is 12.6. The fraction of sp³-hybridized carbons (Fsp3) is 0.412. The third kappa shape index (κ3) is 3.67. The number of halogens is 3. The first-order valence-electron chi connectivity index (χ1n) is 7.80. The van der Waals surface area contributed by atoms with Gasteiger partial charge in [0.05, 0.1) is 11.3 Å². The van der Waals surface area contributed by atoms with Crippen molar-refractivity contribution in [1.29, 1.82) is 0 Å². The smallest absolute Gasteiger partial charge is 0.364 e. The summed E-state index contributed by atoms with van der Waals surface area (Å²) >= 11 is 0. The highest BCUT2D eigenvalue weighted by atomic mass is 19.4. The Hall–Kier alpha value is -2.15. The van der Waals surface area contributed by atoms with E-state index < -0.39 is 11.7 Å². The molecule has 7 heteroatoms. The highest BCUT2D eigenvalue weighted by molar-refractivity contribution is 5.62. The molecule has 0 unspecified atom stereocenters. The van der Waals surface area contributed by atoms with Crippen LogP contribution in [0.15, 0.2) is 30.3 Å². The van der Waals surface area contributed by atoms with Crippen molar-refractivity contribution in [1.82, 2.24) is 15.1 Å². The number of nitrogens with one attached hydrogen (secondary N) is 1. The summed E-state index contributed by atoms with van der Waals surface area (Å²) in [6.45, 7) is 3.93. The van der Waals surface area contributed by atoms with Crippen LogP contribution in [0, 0.1) is 6.92 Å². The highest BCUT2D eigenvalue weighted by Crippen LogP contribution is 2.31. The van der Waals surface area contributed by atoms with E-state index in [1.54, 1.807) is 0 Å². The minimum Gasteiger partial charge on any atom is -0.364 e. The molecule has 1 aromatic carbocycles. The van der Waals surface area contributed by atoms with Gasteiger partial charge in [-0.1, -0.05) is 12.1 Å². The number of benzene rings is 1. The minimum absolute atomic E-state index is 0.347. The van der Waals surface area contributed by atoms with Gasteiger partial charge < -0.3 is 10.2 Å². The number of alkyl halides is 3. The first-order valence-corrected chi connectivity index (χ1v) is 7.80. The predicted octanol–water partition coefficient (Wildman–Crippen LogP) is 3.59. The third-order valence-corrected chi connectivity index (χ3v) is 4.22. The quantitative estimate of drug-likeness (QED) is 0.930. The van der Waals surface area contributed by atoms with Crippen molar-refractivity contribution in [2.24, 2.45) is 0 Å². The Labute approximate surface area is 138 Å². The van der Waals surface area contributed by atoms with Crippen molar-refractivity contribution in [3.63, 3.8) is 0 Å². The van der Waals surface area contributed by atoms with Gasteiger partial charge in [0.2, 0.25) is 0 Å². The van der Waals surface area contributed by atoms with Crippen LogP contribution >= 0.6 is 0 Å². The molecule has 1 atom stereocenters. The topological polar surface area (TPSA) is 41.1 Å². The van der Waals surface area contributed by atoms with Crippen molar-refractivity contribution in [2.75, 3.05) is 25.5 Å². The molecule has 3 rings (SSSR count). The van der Waals surface area contributed by atoms with E-state index in [1.165, 1.54) is 12.1 Å². The monoisotopic (exact) mass is 336 g/mol. The van der Waals surface area contributed by atoms with Gasteiger partial charge in [-0.05, 0) is 50.7 Å². The highest BCUT2D eigenvalue weighted by Gasteiger charge is 2.30. The fourth-order valence-corrected chi connectivity index (χ4v) is 2.84. The molecule has 1 saturated heterocycles. The zero-order valence-corrected chi connectivity index (χ0v) is 13.6. The van der Waals surface area contributed by atoms with Crippen molar-refractivity contribution in [3.8, 4) is 11.3 Å². The standard InChI is InChI=1S/C17H19F3N4/c1-11-9-15(12-3-5-13(6-4-12)17(18,19)20)22-23-16(11)21-14-7-8-24(2)10-14/h3-6,9,14H,7-8,10H2,1-2H3,(H,21,23)/t14-/m1/s1. The molecule has 24 heavy (non-hydrogen) atoms. The van der Waals surface area contributed by atoms with E-state index in [9.17, 15) is 13.2 Å². The summed E-state index contributed by atoms with van der Waals surface area (Å²) in [5.41, 5.74) is 1.44. The van der Waals surface area contributed by atoms with Crippen molar-refractivity contribution in [3.05, 3.63) is 41.5 Å². The van der Waals surface area contributed by atoms with E-state index in [0.717, 1.165) is 43.0 Å². The lowest BCUT2D eigenvalue weighted by molar-refractivity contribution is -0.137. The van der Waals surface area contributed by atoms with E-state index in [-0.39, 0.29) is 0 Å². The van der Waals surface area contributed by atoms with E-state index in [4.69, 9.17) is 0 Å². The molecular weight excluding hydrogens is 317 g/mol. The molecule has 2 heterocycles. The molecule has 4 nitrogen and oxygen atoms in total. The van der Waals surface area contributed by atoms with Gasteiger partial charge in [-0.3, -0.25) is 0 Å². The molecule has 0 aliphatic carbocycles. The Morgan fingerprint density at radius 3 is 2.42 bits per heavy atom. The van der Waals surface area contributed by atoms with Gasteiger partial charge in [0.25, 0.3) is 0 Å². The molecule has 1 aliphatic rings. The van der Waals surface area contributed by atoms with Crippen LogP contribution in [-0.4, -0.2) is 41.3 Å². The van der Waals surface area contributed by atoms with Crippen LogP contribution in [0.25, 0.3) is 11.3 Å². The van der Waals surface area contributed by atoms with E-state index in [2.05, 4.69) is 27.5 Å². The van der Waals surface area contributed by atoms with Gasteiger partial charge in [-0.15, -0.1) is 10.2 Å². The van der Waals surface area contributed by atoms with Crippen LogP contribution in [0.2, 0.25) is 0 Å². The first kappa shape index (κ1) is 16.7. The zero-order chi connectivity index (χ0) is 17.3. The SMILES string of the molecule is Cc1cc(-c2ccc(C(F)(F)F)cc2)nnc1N[C@@H]1CCN(C)C1. The lowest BCUT2D eigenvalue weighted by atomic mass is 10.1. The van der Waals surface area contributed by atoms with Gasteiger partial charge in [-0.25, -0.2) is 0 Å². The summed E-state index contributed by atoms with van der Waals surface area (Å²) in [5.74, 6) is 0.728.